The Hall–Kier alpha value is 0.840. The van der Waals surface area contributed by atoms with Crippen LogP contribution in [0.15, 0.2) is 0 Å². The van der Waals surface area contributed by atoms with Gasteiger partial charge in [0.1, 0.15) is 0 Å². The van der Waals surface area contributed by atoms with E-state index in [2.05, 4.69) is 11.3 Å². The zero-order chi connectivity index (χ0) is 13.0. The SMILES string of the molecule is CCCCCCCCCCCCS(=O)(=O)OF.[NaH]. The van der Waals surface area contributed by atoms with Crippen LogP contribution in [0, 0.1) is 0 Å². The molecule has 18 heavy (non-hydrogen) atoms. The van der Waals surface area contributed by atoms with Crippen LogP contribution in [0.3, 0.4) is 0 Å². The Morgan fingerprint density at radius 2 is 1.22 bits per heavy atom. The van der Waals surface area contributed by atoms with E-state index >= 15 is 0 Å². The molecule has 0 radical (unpaired) electrons. The fourth-order valence-corrected chi connectivity index (χ4v) is 2.42. The van der Waals surface area contributed by atoms with Crippen LogP contribution < -0.4 is 0 Å². The molecule has 0 heterocycles. The van der Waals surface area contributed by atoms with Crippen LogP contribution in [-0.4, -0.2) is 43.7 Å². The molecule has 0 aliphatic rings. The predicted octanol–water partition coefficient (Wildman–Crippen LogP) is 3.49. The van der Waals surface area contributed by atoms with Crippen LogP contribution in [-0.2, 0) is 14.5 Å². The van der Waals surface area contributed by atoms with Gasteiger partial charge in [-0.2, -0.15) is 8.42 Å². The molecule has 0 atom stereocenters. The molecule has 0 fully saturated rings. The van der Waals surface area contributed by atoms with Crippen molar-refractivity contribution in [3.05, 3.63) is 0 Å². The van der Waals surface area contributed by atoms with Gasteiger partial charge < -0.3 is 0 Å². The van der Waals surface area contributed by atoms with Crippen molar-refractivity contribution in [2.24, 2.45) is 0 Å². The van der Waals surface area contributed by atoms with Crippen LogP contribution in [0.5, 0.6) is 0 Å². The number of hydrogen-bond acceptors (Lipinski definition) is 3. The summed E-state index contributed by atoms with van der Waals surface area (Å²) in [4.78, 5) is 0. The molecule has 106 valence electrons. The van der Waals surface area contributed by atoms with Crippen LogP contribution in [0.25, 0.3) is 0 Å². The molecule has 0 spiro atoms. The Balaban J connectivity index is 0. The number of unbranched alkanes of at least 4 members (excludes halogenated alkanes) is 9. The maximum atomic E-state index is 11.5. The molecule has 0 aromatic carbocycles. The zero-order valence-corrected chi connectivity index (χ0v) is 11.6. The molecule has 0 unspecified atom stereocenters. The Labute approximate surface area is 133 Å². The first kappa shape index (κ1) is 21.1. The fraction of sp³-hybridized carbons (Fsp3) is 1.00. The van der Waals surface area contributed by atoms with Crippen molar-refractivity contribution in [2.75, 3.05) is 5.75 Å². The van der Waals surface area contributed by atoms with Gasteiger partial charge in [0.25, 0.3) is 10.1 Å². The van der Waals surface area contributed by atoms with Crippen molar-refractivity contribution < 1.29 is 17.3 Å². The second-order valence-corrected chi connectivity index (χ2v) is 6.16. The van der Waals surface area contributed by atoms with Crippen LogP contribution in [0.1, 0.15) is 71.1 Å². The average molecular weight is 292 g/mol. The molecular formula is C12H26FNaO3S. The average Bonchev–Trinajstić information content (AvgIpc) is 2.31. The molecule has 0 saturated heterocycles. The summed E-state index contributed by atoms with van der Waals surface area (Å²) in [6, 6.07) is 0. The molecule has 0 saturated carbocycles. The third kappa shape index (κ3) is 14.9. The molecule has 0 aliphatic heterocycles. The first-order valence-electron chi connectivity index (χ1n) is 6.65. The van der Waals surface area contributed by atoms with Gasteiger partial charge in [0.05, 0.1) is 5.75 Å². The maximum absolute atomic E-state index is 11.5. The molecule has 0 N–H and O–H groups in total. The molecule has 0 aromatic heterocycles. The second-order valence-electron chi connectivity index (χ2n) is 4.51. The first-order chi connectivity index (χ1) is 8.12. The summed E-state index contributed by atoms with van der Waals surface area (Å²) in [5.41, 5.74) is 0. The van der Waals surface area contributed by atoms with Crippen molar-refractivity contribution in [1.82, 2.24) is 0 Å². The van der Waals surface area contributed by atoms with E-state index in [4.69, 9.17) is 0 Å². The molecular weight excluding hydrogens is 266 g/mol. The van der Waals surface area contributed by atoms with E-state index in [1.54, 1.807) is 0 Å². The Kier molecular flexibility index (Phi) is 16.7. The summed E-state index contributed by atoms with van der Waals surface area (Å²) in [5.74, 6) is -0.208. The molecule has 0 rings (SSSR count). The predicted molar refractivity (Wildman–Crippen MR) is 75.0 cm³/mol. The van der Waals surface area contributed by atoms with E-state index in [0.717, 1.165) is 19.3 Å². The number of hydrogen-bond donors (Lipinski definition) is 0. The Morgan fingerprint density at radius 3 is 1.61 bits per heavy atom. The van der Waals surface area contributed by atoms with Crippen LogP contribution in [0.4, 0.5) is 4.53 Å². The topological polar surface area (TPSA) is 43.4 Å². The van der Waals surface area contributed by atoms with Gasteiger partial charge >= 0.3 is 29.6 Å². The van der Waals surface area contributed by atoms with Gasteiger partial charge in [0.15, 0.2) is 0 Å². The number of halogens is 1. The van der Waals surface area contributed by atoms with E-state index in [0.29, 0.717) is 6.42 Å². The van der Waals surface area contributed by atoms with Crippen molar-refractivity contribution >= 4 is 39.7 Å². The molecule has 6 heteroatoms. The van der Waals surface area contributed by atoms with E-state index < -0.39 is 10.1 Å². The molecule has 0 aliphatic carbocycles. The van der Waals surface area contributed by atoms with Crippen molar-refractivity contribution in [3.8, 4) is 0 Å². The van der Waals surface area contributed by atoms with Gasteiger partial charge in [-0.05, 0) is 10.9 Å². The minimum atomic E-state index is -3.89. The van der Waals surface area contributed by atoms with E-state index in [1.807, 2.05) is 0 Å². The summed E-state index contributed by atoms with van der Waals surface area (Å²) in [6.07, 6.45) is 11.2. The first-order valence-corrected chi connectivity index (χ1v) is 8.23. The van der Waals surface area contributed by atoms with Crippen LogP contribution >= 0.6 is 0 Å². The van der Waals surface area contributed by atoms with Gasteiger partial charge in [0, 0.05) is 0 Å². The monoisotopic (exact) mass is 292 g/mol. The molecule has 0 aromatic rings. The van der Waals surface area contributed by atoms with E-state index in [9.17, 15) is 12.9 Å². The summed E-state index contributed by atoms with van der Waals surface area (Å²) in [7, 11) is -3.89. The van der Waals surface area contributed by atoms with Gasteiger partial charge in [-0.25, -0.2) is 0 Å². The standard InChI is InChI=1S/C12H25FO3S.Na.H/c1-2-3-4-5-6-7-8-9-10-11-12-17(14,15)16-13;;/h2-12H2,1H3;;. The van der Waals surface area contributed by atoms with Crippen molar-refractivity contribution in [3.63, 3.8) is 0 Å². The molecule has 3 nitrogen and oxygen atoms in total. The second kappa shape index (κ2) is 14.3. The van der Waals surface area contributed by atoms with E-state index in [-0.39, 0.29) is 35.3 Å². The normalized spacial score (nSPS) is 11.2. The van der Waals surface area contributed by atoms with Crippen molar-refractivity contribution in [2.45, 2.75) is 71.1 Å². The summed E-state index contributed by atoms with van der Waals surface area (Å²) >= 11 is 0. The molecule has 0 amide bonds. The van der Waals surface area contributed by atoms with E-state index in [1.165, 1.54) is 38.5 Å². The number of rotatable bonds is 12. The summed E-state index contributed by atoms with van der Waals surface area (Å²) in [5, 5.41) is 0. The zero-order valence-electron chi connectivity index (χ0n) is 10.8. The Bertz CT molecular complexity index is 258. The van der Waals surface area contributed by atoms with Crippen molar-refractivity contribution in [1.29, 1.82) is 0 Å². The summed E-state index contributed by atoms with van der Waals surface area (Å²) < 4.78 is 35.6. The third-order valence-electron chi connectivity index (χ3n) is 2.84. The van der Waals surface area contributed by atoms with Crippen LogP contribution in [0.2, 0.25) is 0 Å². The fourth-order valence-electron chi connectivity index (χ4n) is 1.80. The summed E-state index contributed by atoms with van der Waals surface area (Å²) in [6.45, 7) is 2.20. The van der Waals surface area contributed by atoms with Gasteiger partial charge in [0.2, 0.25) is 0 Å². The third-order valence-corrected chi connectivity index (χ3v) is 3.82. The molecule has 0 bridgehead atoms. The quantitative estimate of drug-likeness (QED) is 0.408. The Morgan fingerprint density at radius 1 is 0.833 bits per heavy atom. The van der Waals surface area contributed by atoms with Gasteiger partial charge in [-0.1, -0.05) is 69.1 Å². The van der Waals surface area contributed by atoms with Gasteiger partial charge in [-0.15, -0.1) is 0 Å². The van der Waals surface area contributed by atoms with Gasteiger partial charge in [-0.3, -0.25) is 0 Å². The minimum absolute atomic E-state index is 0.